The Morgan fingerprint density at radius 1 is 1.06 bits per heavy atom. The standard InChI is InChI=1S/C27H23ClF3NO3/c1-3-34-27(33)20-11-16(13-32-15(20)2)18-5-4-6-19(18)21-12-17(28)7-10-25(21)35-14-22-23(29)8-9-24(30)26(22)31/h7-13H,3-6,14H2,1-2H3. The van der Waals surface area contributed by atoms with Gasteiger partial charge in [-0.25, -0.2) is 18.0 Å². The van der Waals surface area contributed by atoms with Gasteiger partial charge in [0.2, 0.25) is 0 Å². The molecule has 0 aliphatic heterocycles. The minimum atomic E-state index is -1.28. The maximum atomic E-state index is 14.1. The van der Waals surface area contributed by atoms with Gasteiger partial charge < -0.3 is 9.47 Å². The number of aromatic nitrogens is 1. The molecule has 0 spiro atoms. The number of pyridine rings is 1. The van der Waals surface area contributed by atoms with Gasteiger partial charge in [-0.1, -0.05) is 11.6 Å². The van der Waals surface area contributed by atoms with E-state index in [-0.39, 0.29) is 6.61 Å². The van der Waals surface area contributed by atoms with Crippen LogP contribution in [-0.4, -0.2) is 17.6 Å². The summed E-state index contributed by atoms with van der Waals surface area (Å²) < 4.78 is 52.8. The fourth-order valence-electron chi connectivity index (χ4n) is 4.19. The Balaban J connectivity index is 1.73. The van der Waals surface area contributed by atoms with E-state index in [2.05, 4.69) is 4.98 Å². The van der Waals surface area contributed by atoms with E-state index in [1.165, 1.54) is 0 Å². The SMILES string of the molecule is CCOC(=O)c1cc(C2=C(c3cc(Cl)ccc3OCc3c(F)ccc(F)c3F)CCC2)cnc1C. The van der Waals surface area contributed by atoms with Gasteiger partial charge in [-0.05, 0) is 86.2 Å². The Hall–Kier alpha value is -3.32. The summed E-state index contributed by atoms with van der Waals surface area (Å²) in [6.07, 6.45) is 4.01. The summed E-state index contributed by atoms with van der Waals surface area (Å²) >= 11 is 6.28. The second-order valence-corrected chi connectivity index (χ2v) is 8.58. The molecule has 4 nitrogen and oxygen atoms in total. The lowest BCUT2D eigenvalue weighted by Crippen LogP contribution is -2.08. The molecule has 35 heavy (non-hydrogen) atoms. The van der Waals surface area contributed by atoms with Crippen LogP contribution in [-0.2, 0) is 11.3 Å². The van der Waals surface area contributed by atoms with Crippen LogP contribution in [0.3, 0.4) is 0 Å². The second-order valence-electron chi connectivity index (χ2n) is 8.14. The Bertz CT molecular complexity index is 1320. The first kappa shape index (κ1) is 24.8. The predicted molar refractivity (Wildman–Crippen MR) is 128 cm³/mol. The monoisotopic (exact) mass is 501 g/mol. The van der Waals surface area contributed by atoms with Crippen LogP contribution >= 0.6 is 11.6 Å². The van der Waals surface area contributed by atoms with Crippen molar-refractivity contribution in [3.8, 4) is 5.75 Å². The number of hydrogen-bond donors (Lipinski definition) is 0. The quantitative estimate of drug-likeness (QED) is 0.251. The van der Waals surface area contributed by atoms with Gasteiger partial charge in [0, 0.05) is 16.8 Å². The molecule has 3 aromatic rings. The first-order valence-electron chi connectivity index (χ1n) is 11.2. The van der Waals surface area contributed by atoms with Gasteiger partial charge in [-0.2, -0.15) is 0 Å². The van der Waals surface area contributed by atoms with Crippen molar-refractivity contribution in [1.29, 1.82) is 0 Å². The number of carbonyl (C=O) groups is 1. The molecule has 1 aromatic heterocycles. The predicted octanol–water partition coefficient (Wildman–Crippen LogP) is 7.31. The molecule has 0 saturated heterocycles. The van der Waals surface area contributed by atoms with Crippen LogP contribution in [0.25, 0.3) is 11.1 Å². The highest BCUT2D eigenvalue weighted by atomic mass is 35.5. The molecular formula is C27H23ClF3NO3. The van der Waals surface area contributed by atoms with Crippen LogP contribution in [0.4, 0.5) is 13.2 Å². The molecule has 0 unspecified atom stereocenters. The third-order valence-corrected chi connectivity index (χ3v) is 6.16. The maximum absolute atomic E-state index is 14.1. The van der Waals surface area contributed by atoms with E-state index >= 15 is 0 Å². The van der Waals surface area contributed by atoms with Gasteiger partial charge in [-0.3, -0.25) is 4.98 Å². The third kappa shape index (κ3) is 5.20. The smallest absolute Gasteiger partial charge is 0.339 e. The topological polar surface area (TPSA) is 48.4 Å². The van der Waals surface area contributed by atoms with E-state index in [0.717, 1.165) is 41.7 Å². The van der Waals surface area contributed by atoms with Crippen molar-refractivity contribution in [2.75, 3.05) is 6.61 Å². The molecule has 1 heterocycles. The number of halogens is 4. The van der Waals surface area contributed by atoms with Gasteiger partial charge in [-0.15, -0.1) is 0 Å². The molecule has 0 fully saturated rings. The van der Waals surface area contributed by atoms with Gasteiger partial charge in [0.25, 0.3) is 0 Å². The minimum Gasteiger partial charge on any atom is -0.488 e. The van der Waals surface area contributed by atoms with Crippen molar-refractivity contribution in [2.24, 2.45) is 0 Å². The summed E-state index contributed by atoms with van der Waals surface area (Å²) in [6.45, 7) is 3.25. The number of aryl methyl sites for hydroxylation is 1. The van der Waals surface area contributed by atoms with Crippen LogP contribution in [0.5, 0.6) is 5.75 Å². The van der Waals surface area contributed by atoms with Gasteiger partial charge in [0.1, 0.15) is 18.2 Å². The average molecular weight is 502 g/mol. The molecule has 0 bridgehead atoms. The van der Waals surface area contributed by atoms with E-state index in [1.54, 1.807) is 44.3 Å². The Morgan fingerprint density at radius 2 is 1.80 bits per heavy atom. The van der Waals surface area contributed by atoms with E-state index < -0.39 is 35.6 Å². The first-order chi connectivity index (χ1) is 16.8. The first-order valence-corrected chi connectivity index (χ1v) is 11.6. The highest BCUT2D eigenvalue weighted by molar-refractivity contribution is 6.30. The molecular weight excluding hydrogens is 479 g/mol. The lowest BCUT2D eigenvalue weighted by molar-refractivity contribution is 0.0525. The molecule has 0 amide bonds. The van der Waals surface area contributed by atoms with Gasteiger partial charge in [0.15, 0.2) is 11.6 Å². The molecule has 0 saturated carbocycles. The summed E-state index contributed by atoms with van der Waals surface area (Å²) in [4.78, 5) is 16.8. The molecule has 8 heteroatoms. The van der Waals surface area contributed by atoms with Crippen LogP contribution < -0.4 is 4.74 Å². The highest BCUT2D eigenvalue weighted by Gasteiger charge is 2.23. The van der Waals surface area contributed by atoms with Crippen LogP contribution in [0, 0.1) is 24.4 Å². The van der Waals surface area contributed by atoms with Gasteiger partial charge >= 0.3 is 5.97 Å². The Kier molecular flexibility index (Phi) is 7.45. The van der Waals surface area contributed by atoms with Crippen molar-refractivity contribution >= 4 is 28.7 Å². The normalized spacial score (nSPS) is 13.3. The van der Waals surface area contributed by atoms with E-state index in [0.29, 0.717) is 34.0 Å². The second kappa shape index (κ2) is 10.5. The van der Waals surface area contributed by atoms with Gasteiger partial charge in [0.05, 0.1) is 23.4 Å². The molecule has 0 atom stereocenters. The summed E-state index contributed by atoms with van der Waals surface area (Å²) in [5.41, 5.74) is 3.82. The summed E-state index contributed by atoms with van der Waals surface area (Å²) in [5.74, 6) is -3.40. The molecule has 1 aliphatic carbocycles. The number of carbonyl (C=O) groups excluding carboxylic acids is 1. The number of hydrogen-bond acceptors (Lipinski definition) is 4. The van der Waals surface area contributed by atoms with E-state index in [1.807, 2.05) is 0 Å². The Morgan fingerprint density at radius 3 is 2.57 bits per heavy atom. The number of allylic oxidation sites excluding steroid dienone is 2. The lowest BCUT2D eigenvalue weighted by atomic mass is 9.96. The summed E-state index contributed by atoms with van der Waals surface area (Å²) in [5, 5.41) is 0.462. The number of esters is 1. The number of rotatable bonds is 7. The zero-order valence-electron chi connectivity index (χ0n) is 19.3. The fraction of sp³-hybridized carbons (Fsp3) is 0.259. The number of nitrogens with zero attached hydrogens (tertiary/aromatic N) is 1. The van der Waals surface area contributed by atoms with Crippen LogP contribution in [0.1, 0.15) is 58.9 Å². The highest BCUT2D eigenvalue weighted by Crippen LogP contribution is 2.44. The van der Waals surface area contributed by atoms with Crippen molar-refractivity contribution < 1.29 is 27.4 Å². The van der Waals surface area contributed by atoms with Crippen molar-refractivity contribution in [1.82, 2.24) is 4.98 Å². The van der Waals surface area contributed by atoms with Crippen LogP contribution in [0.15, 0.2) is 42.6 Å². The lowest BCUT2D eigenvalue weighted by Gasteiger charge is -2.16. The number of ether oxygens (including phenoxy) is 2. The zero-order chi connectivity index (χ0) is 25.1. The summed E-state index contributed by atoms with van der Waals surface area (Å²) in [6, 6.07) is 8.32. The van der Waals surface area contributed by atoms with Crippen molar-refractivity contribution in [3.63, 3.8) is 0 Å². The Labute approximate surface area is 206 Å². The molecule has 2 aromatic carbocycles. The van der Waals surface area contributed by atoms with Crippen molar-refractivity contribution in [3.05, 3.63) is 93.0 Å². The molecule has 182 valence electrons. The fourth-order valence-corrected chi connectivity index (χ4v) is 4.36. The minimum absolute atomic E-state index is 0.256. The number of benzene rings is 2. The average Bonchev–Trinajstić information content (AvgIpc) is 3.32. The van der Waals surface area contributed by atoms with E-state index in [9.17, 15) is 18.0 Å². The maximum Gasteiger partial charge on any atom is 0.339 e. The molecule has 0 N–H and O–H groups in total. The molecule has 1 aliphatic rings. The third-order valence-electron chi connectivity index (χ3n) is 5.93. The largest absolute Gasteiger partial charge is 0.488 e. The van der Waals surface area contributed by atoms with Crippen molar-refractivity contribution in [2.45, 2.75) is 39.7 Å². The molecule has 4 rings (SSSR count). The zero-order valence-corrected chi connectivity index (χ0v) is 20.0. The summed E-state index contributed by atoms with van der Waals surface area (Å²) in [7, 11) is 0. The van der Waals surface area contributed by atoms with E-state index in [4.69, 9.17) is 21.1 Å². The molecule has 0 radical (unpaired) electrons. The van der Waals surface area contributed by atoms with Crippen LogP contribution in [0.2, 0.25) is 5.02 Å².